The topological polar surface area (TPSA) is 84.8 Å². The molecule has 6 nitrogen and oxygen atoms in total. The number of amides is 1. The summed E-state index contributed by atoms with van der Waals surface area (Å²) in [6.07, 6.45) is 0.528. The lowest BCUT2D eigenvalue weighted by Gasteiger charge is -2.19. The Bertz CT molecular complexity index is 711. The van der Waals surface area contributed by atoms with Gasteiger partial charge in [0, 0.05) is 19.7 Å². The minimum Gasteiger partial charge on any atom is -0.487 e. The second-order valence-corrected chi connectivity index (χ2v) is 6.48. The van der Waals surface area contributed by atoms with Gasteiger partial charge in [-0.2, -0.15) is 0 Å². The van der Waals surface area contributed by atoms with Gasteiger partial charge in [-0.25, -0.2) is 11.7 Å². The molecule has 0 aliphatic carbocycles. The quantitative estimate of drug-likeness (QED) is 0.271. The van der Waals surface area contributed by atoms with Crippen molar-refractivity contribution in [1.82, 2.24) is 5.01 Å². The fourth-order valence-corrected chi connectivity index (χ4v) is 2.58. The van der Waals surface area contributed by atoms with E-state index in [1.807, 2.05) is 50.4 Å². The number of carbonyl (C=O) groups is 1. The number of ether oxygens (including phenoxy) is 1. The van der Waals surface area contributed by atoms with Gasteiger partial charge >= 0.3 is 0 Å². The molecule has 0 saturated carbocycles. The molecule has 0 spiro atoms. The largest absolute Gasteiger partial charge is 0.487 e. The zero-order valence-corrected chi connectivity index (χ0v) is 16.5. The van der Waals surface area contributed by atoms with Gasteiger partial charge < -0.3 is 9.75 Å². The summed E-state index contributed by atoms with van der Waals surface area (Å²) in [5.74, 6) is 11.3. The van der Waals surface area contributed by atoms with Crippen molar-refractivity contribution < 1.29 is 9.53 Å². The molecule has 0 bridgehead atoms. The first-order valence-corrected chi connectivity index (χ1v) is 8.39. The molecule has 0 aliphatic heterocycles. The summed E-state index contributed by atoms with van der Waals surface area (Å²) < 4.78 is 5.82. The predicted molar refractivity (Wildman–Crippen MR) is 107 cm³/mol. The Balaban J connectivity index is 0.000000550. The highest BCUT2D eigenvalue weighted by atomic mass is 35.5. The van der Waals surface area contributed by atoms with Crippen LogP contribution in [0.3, 0.4) is 0 Å². The van der Waals surface area contributed by atoms with Gasteiger partial charge in [-0.1, -0.05) is 29.8 Å². The zero-order valence-electron chi connectivity index (χ0n) is 14.6. The molecule has 1 unspecified atom stereocenters. The molecule has 2 aromatic rings. The number of halogens is 1. The number of benzene rings is 2. The number of hydrogen-bond donors (Lipinski definition) is 2. The number of rotatable bonds is 5. The van der Waals surface area contributed by atoms with Gasteiger partial charge in [0.1, 0.15) is 12.4 Å². The summed E-state index contributed by atoms with van der Waals surface area (Å²) in [5, 5.41) is 4.21. The highest BCUT2D eigenvalue weighted by Gasteiger charge is 2.10. The number of nitrogens with two attached hydrogens (primary N) is 2. The Hall–Kier alpha value is -1.85. The van der Waals surface area contributed by atoms with Crippen LogP contribution in [0.2, 0.25) is 5.02 Å². The number of nitrogens with zero attached hydrogens (tertiary/aromatic N) is 2. The third kappa shape index (κ3) is 6.88. The van der Waals surface area contributed by atoms with Crippen LogP contribution in [0, 0.1) is 6.92 Å². The summed E-state index contributed by atoms with van der Waals surface area (Å²) in [4.78, 5) is 9.31. The van der Waals surface area contributed by atoms with E-state index in [-0.39, 0.29) is 0 Å². The van der Waals surface area contributed by atoms with E-state index in [1.54, 1.807) is 5.01 Å². The van der Waals surface area contributed by atoms with Crippen LogP contribution < -0.4 is 26.7 Å². The molecule has 25 heavy (non-hydrogen) atoms. The van der Waals surface area contributed by atoms with Gasteiger partial charge in [-0.3, -0.25) is 9.80 Å². The molecule has 1 atom stereocenters. The van der Waals surface area contributed by atoms with E-state index < -0.39 is 0 Å². The maximum Gasteiger partial charge on any atom is 0.223 e. The third-order valence-electron chi connectivity index (χ3n) is 3.19. The first kappa shape index (κ1) is 21.2. The fraction of sp³-hybridized carbons (Fsp3) is 0.235. The molecule has 136 valence electrons. The van der Waals surface area contributed by atoms with Crippen molar-refractivity contribution in [2.45, 2.75) is 13.5 Å². The lowest BCUT2D eigenvalue weighted by atomic mass is 10.2. The molecule has 2 rings (SSSR count). The number of aryl methyl sites for hydroxylation is 1. The van der Waals surface area contributed by atoms with Crippen molar-refractivity contribution in [2.75, 3.05) is 19.1 Å². The molecule has 8 heteroatoms. The molecule has 0 saturated heterocycles. The van der Waals surface area contributed by atoms with Crippen molar-refractivity contribution in [2.24, 2.45) is 11.7 Å². The maximum atomic E-state index is 9.31. The van der Waals surface area contributed by atoms with Crippen LogP contribution in [0.1, 0.15) is 11.1 Å². The van der Waals surface area contributed by atoms with Crippen LogP contribution in [-0.4, -0.2) is 25.5 Å². The van der Waals surface area contributed by atoms with Gasteiger partial charge in [0.2, 0.25) is 6.41 Å². The molecule has 0 aliphatic rings. The second-order valence-electron chi connectivity index (χ2n) is 5.45. The highest BCUT2D eigenvalue weighted by Crippen LogP contribution is 2.27. The van der Waals surface area contributed by atoms with Crippen LogP contribution in [0.15, 0.2) is 36.4 Å². The van der Waals surface area contributed by atoms with E-state index in [4.69, 9.17) is 28.0 Å². The van der Waals surface area contributed by atoms with Gasteiger partial charge in [0.15, 0.2) is 0 Å². The average molecular weight is 383 g/mol. The Morgan fingerprint density at radius 1 is 1.24 bits per heavy atom. The lowest BCUT2D eigenvalue weighted by molar-refractivity contribution is -0.117. The SMILES string of the molecule is CN(N)C=O.Cc1ccc(OCc2c(P)cccc2N(C)N)c(Cl)c1. The minimum atomic E-state index is 0.416. The molecular formula is C17H24ClN4O2P. The number of anilines is 1. The Kier molecular flexibility index (Phi) is 8.66. The van der Waals surface area contributed by atoms with Crippen LogP contribution in [-0.2, 0) is 11.4 Å². The predicted octanol–water partition coefficient (Wildman–Crippen LogP) is 1.99. The average Bonchev–Trinajstić information content (AvgIpc) is 2.55. The third-order valence-corrected chi connectivity index (χ3v) is 4.03. The molecule has 0 fully saturated rings. The molecule has 1 amide bonds. The van der Waals surface area contributed by atoms with Gasteiger partial charge in [-0.05, 0) is 36.0 Å². The van der Waals surface area contributed by atoms with Crippen molar-refractivity contribution in [3.8, 4) is 5.75 Å². The first-order valence-electron chi connectivity index (χ1n) is 7.43. The maximum absolute atomic E-state index is 9.31. The Morgan fingerprint density at radius 2 is 1.88 bits per heavy atom. The molecule has 2 aromatic carbocycles. The van der Waals surface area contributed by atoms with E-state index in [0.29, 0.717) is 23.8 Å². The monoisotopic (exact) mass is 382 g/mol. The van der Waals surface area contributed by atoms with E-state index in [0.717, 1.165) is 27.1 Å². The van der Waals surface area contributed by atoms with Crippen LogP contribution >= 0.6 is 20.8 Å². The molecular weight excluding hydrogens is 359 g/mol. The van der Waals surface area contributed by atoms with Crippen LogP contribution in [0.25, 0.3) is 0 Å². The number of hydrogen-bond acceptors (Lipinski definition) is 5. The van der Waals surface area contributed by atoms with Crippen molar-refractivity contribution in [3.05, 3.63) is 52.5 Å². The fourth-order valence-electron chi connectivity index (χ4n) is 1.95. The summed E-state index contributed by atoms with van der Waals surface area (Å²) in [6, 6.07) is 11.7. The van der Waals surface area contributed by atoms with E-state index in [2.05, 4.69) is 9.24 Å². The Labute approximate surface area is 155 Å². The lowest BCUT2D eigenvalue weighted by Crippen LogP contribution is -2.28. The number of hydrazine groups is 2. The second kappa shape index (κ2) is 10.2. The molecule has 0 aromatic heterocycles. The van der Waals surface area contributed by atoms with Crippen molar-refractivity contribution in [3.63, 3.8) is 0 Å². The summed E-state index contributed by atoms with van der Waals surface area (Å²) in [7, 11) is 5.97. The minimum absolute atomic E-state index is 0.416. The normalized spacial score (nSPS) is 9.72. The highest BCUT2D eigenvalue weighted by molar-refractivity contribution is 7.27. The molecule has 0 heterocycles. The van der Waals surface area contributed by atoms with Gasteiger partial charge in [0.25, 0.3) is 0 Å². The summed E-state index contributed by atoms with van der Waals surface area (Å²) >= 11 is 6.17. The Morgan fingerprint density at radius 3 is 2.40 bits per heavy atom. The van der Waals surface area contributed by atoms with Crippen molar-refractivity contribution >= 4 is 38.2 Å². The number of carbonyl (C=O) groups excluding carboxylic acids is 1. The van der Waals surface area contributed by atoms with Crippen molar-refractivity contribution in [1.29, 1.82) is 0 Å². The van der Waals surface area contributed by atoms with Gasteiger partial charge in [-0.15, -0.1) is 9.24 Å². The van der Waals surface area contributed by atoms with Gasteiger partial charge in [0.05, 0.1) is 10.7 Å². The first-order chi connectivity index (χ1) is 11.8. The summed E-state index contributed by atoms with van der Waals surface area (Å²) in [6.45, 7) is 2.41. The van der Waals surface area contributed by atoms with Crippen LogP contribution in [0.4, 0.5) is 5.69 Å². The van der Waals surface area contributed by atoms with E-state index >= 15 is 0 Å². The van der Waals surface area contributed by atoms with E-state index in [1.165, 1.54) is 7.05 Å². The molecule has 0 radical (unpaired) electrons. The zero-order chi connectivity index (χ0) is 19.0. The van der Waals surface area contributed by atoms with Crippen LogP contribution in [0.5, 0.6) is 5.75 Å². The standard InChI is InChI=1S/C15H18ClN2OP.C2H6N2O/c1-10-6-7-14(12(16)8-10)19-9-11-13(18(2)17)4-3-5-15(11)20;1-4(3)2-5/h3-8H,9,17,20H2,1-2H3;2H,3H2,1H3. The van der Waals surface area contributed by atoms with E-state index in [9.17, 15) is 4.79 Å². The molecule has 4 N–H and O–H groups in total. The summed E-state index contributed by atoms with van der Waals surface area (Å²) in [5.41, 5.74) is 3.07. The smallest absolute Gasteiger partial charge is 0.223 e.